The van der Waals surface area contributed by atoms with Crippen LogP contribution in [0, 0.1) is 5.82 Å². The third-order valence-electron chi connectivity index (χ3n) is 4.23. The molecular formula is C17H20FN3O2. The summed E-state index contributed by atoms with van der Waals surface area (Å²) in [4.78, 5) is 14.5. The van der Waals surface area contributed by atoms with E-state index in [2.05, 4.69) is 5.10 Å². The highest BCUT2D eigenvalue weighted by molar-refractivity contribution is 5.79. The SMILES string of the molecule is COc1ccc(CC(=O)N2CCC[C@H]2Cn2cccn2)cc1F. The number of carbonyl (C=O) groups excluding carboxylic acids is 1. The molecule has 5 nitrogen and oxygen atoms in total. The Bertz CT molecular complexity index is 672. The van der Waals surface area contributed by atoms with Crippen LogP contribution in [-0.2, 0) is 17.8 Å². The van der Waals surface area contributed by atoms with Crippen LogP contribution < -0.4 is 4.74 Å². The van der Waals surface area contributed by atoms with Gasteiger partial charge in [-0.05, 0) is 36.6 Å². The normalized spacial score (nSPS) is 17.5. The maximum atomic E-state index is 13.7. The molecule has 122 valence electrons. The van der Waals surface area contributed by atoms with Gasteiger partial charge >= 0.3 is 0 Å². The van der Waals surface area contributed by atoms with Crippen molar-refractivity contribution in [3.05, 3.63) is 48.0 Å². The van der Waals surface area contributed by atoms with Gasteiger partial charge in [-0.2, -0.15) is 5.10 Å². The number of rotatable bonds is 5. The molecule has 1 saturated heterocycles. The maximum absolute atomic E-state index is 13.7. The molecule has 1 aliphatic heterocycles. The van der Waals surface area contributed by atoms with Crippen molar-refractivity contribution in [2.24, 2.45) is 0 Å². The third-order valence-corrected chi connectivity index (χ3v) is 4.23. The Hall–Kier alpha value is -2.37. The van der Waals surface area contributed by atoms with Gasteiger partial charge in [-0.25, -0.2) is 4.39 Å². The van der Waals surface area contributed by atoms with E-state index in [1.807, 2.05) is 21.8 Å². The molecule has 2 aromatic rings. The van der Waals surface area contributed by atoms with Gasteiger partial charge in [0.15, 0.2) is 11.6 Å². The summed E-state index contributed by atoms with van der Waals surface area (Å²) in [5.41, 5.74) is 0.665. The average Bonchev–Trinajstić information content (AvgIpc) is 3.19. The number of amides is 1. The first-order chi connectivity index (χ1) is 11.2. The number of likely N-dealkylation sites (tertiary alicyclic amines) is 1. The number of methoxy groups -OCH3 is 1. The Labute approximate surface area is 134 Å². The predicted molar refractivity (Wildman–Crippen MR) is 83.6 cm³/mol. The summed E-state index contributed by atoms with van der Waals surface area (Å²) in [6.45, 7) is 1.46. The molecule has 23 heavy (non-hydrogen) atoms. The smallest absolute Gasteiger partial charge is 0.227 e. The molecule has 1 aromatic carbocycles. The Morgan fingerprint density at radius 1 is 1.48 bits per heavy atom. The summed E-state index contributed by atoms with van der Waals surface area (Å²) < 4.78 is 20.5. The highest BCUT2D eigenvalue weighted by atomic mass is 19.1. The van der Waals surface area contributed by atoms with E-state index < -0.39 is 5.82 Å². The first-order valence-electron chi connectivity index (χ1n) is 7.76. The molecule has 1 aliphatic rings. The van der Waals surface area contributed by atoms with E-state index in [0.717, 1.165) is 19.4 Å². The summed E-state index contributed by atoms with van der Waals surface area (Å²) in [5.74, 6) is -0.213. The van der Waals surface area contributed by atoms with Crippen LogP contribution in [0.3, 0.4) is 0 Å². The van der Waals surface area contributed by atoms with Crippen LogP contribution >= 0.6 is 0 Å². The van der Waals surface area contributed by atoms with Crippen molar-refractivity contribution in [2.75, 3.05) is 13.7 Å². The quantitative estimate of drug-likeness (QED) is 0.850. The van der Waals surface area contributed by atoms with Crippen molar-refractivity contribution in [2.45, 2.75) is 31.8 Å². The minimum Gasteiger partial charge on any atom is -0.494 e. The Kier molecular flexibility index (Phi) is 4.60. The van der Waals surface area contributed by atoms with Crippen molar-refractivity contribution in [1.82, 2.24) is 14.7 Å². The van der Waals surface area contributed by atoms with E-state index in [9.17, 15) is 9.18 Å². The van der Waals surface area contributed by atoms with Crippen molar-refractivity contribution < 1.29 is 13.9 Å². The second-order valence-electron chi connectivity index (χ2n) is 5.76. The number of nitrogens with zero attached hydrogens (tertiary/aromatic N) is 3. The van der Waals surface area contributed by atoms with E-state index in [1.165, 1.54) is 13.2 Å². The lowest BCUT2D eigenvalue weighted by atomic mass is 10.1. The molecule has 0 spiro atoms. The molecule has 1 atom stereocenters. The molecule has 6 heteroatoms. The highest BCUT2D eigenvalue weighted by Gasteiger charge is 2.29. The zero-order chi connectivity index (χ0) is 16.2. The average molecular weight is 317 g/mol. The fraction of sp³-hybridized carbons (Fsp3) is 0.412. The first-order valence-corrected chi connectivity index (χ1v) is 7.76. The molecule has 0 bridgehead atoms. The van der Waals surface area contributed by atoms with Crippen LogP contribution in [0.4, 0.5) is 4.39 Å². The van der Waals surface area contributed by atoms with Crippen LogP contribution in [0.1, 0.15) is 18.4 Å². The molecule has 2 heterocycles. The molecule has 0 unspecified atom stereocenters. The van der Waals surface area contributed by atoms with Gasteiger partial charge in [-0.3, -0.25) is 9.48 Å². The van der Waals surface area contributed by atoms with Gasteiger partial charge < -0.3 is 9.64 Å². The maximum Gasteiger partial charge on any atom is 0.227 e. The largest absolute Gasteiger partial charge is 0.494 e. The number of halogens is 1. The highest BCUT2D eigenvalue weighted by Crippen LogP contribution is 2.22. The Morgan fingerprint density at radius 3 is 3.04 bits per heavy atom. The molecule has 3 rings (SSSR count). The van der Waals surface area contributed by atoms with Gasteiger partial charge in [0, 0.05) is 18.9 Å². The summed E-state index contributed by atoms with van der Waals surface area (Å²) in [5, 5.41) is 4.20. The van der Waals surface area contributed by atoms with Crippen LogP contribution in [0.15, 0.2) is 36.7 Å². The number of ether oxygens (including phenoxy) is 1. The minimum atomic E-state index is -0.438. The summed E-state index contributed by atoms with van der Waals surface area (Å²) in [6, 6.07) is 6.70. The zero-order valence-electron chi connectivity index (χ0n) is 13.1. The van der Waals surface area contributed by atoms with Crippen LogP contribution in [0.25, 0.3) is 0 Å². The second kappa shape index (κ2) is 6.81. The number of hydrogen-bond donors (Lipinski definition) is 0. The molecule has 1 amide bonds. The van der Waals surface area contributed by atoms with Gasteiger partial charge in [0.25, 0.3) is 0 Å². The van der Waals surface area contributed by atoms with E-state index >= 15 is 0 Å². The molecular weight excluding hydrogens is 297 g/mol. The Morgan fingerprint density at radius 2 is 2.35 bits per heavy atom. The Balaban J connectivity index is 1.66. The monoisotopic (exact) mass is 317 g/mol. The summed E-state index contributed by atoms with van der Waals surface area (Å²) in [6.07, 6.45) is 5.81. The molecule has 0 radical (unpaired) electrons. The fourth-order valence-electron chi connectivity index (χ4n) is 3.07. The topological polar surface area (TPSA) is 47.4 Å². The van der Waals surface area contributed by atoms with Gasteiger partial charge in [-0.1, -0.05) is 6.07 Å². The van der Waals surface area contributed by atoms with Crippen molar-refractivity contribution in [1.29, 1.82) is 0 Å². The van der Waals surface area contributed by atoms with Gasteiger partial charge in [0.1, 0.15) is 0 Å². The molecule has 1 fully saturated rings. The molecule has 0 saturated carbocycles. The number of carbonyl (C=O) groups is 1. The van der Waals surface area contributed by atoms with Gasteiger partial charge in [-0.15, -0.1) is 0 Å². The second-order valence-corrected chi connectivity index (χ2v) is 5.76. The number of hydrogen-bond acceptors (Lipinski definition) is 3. The van der Waals surface area contributed by atoms with Crippen molar-refractivity contribution in [3.8, 4) is 5.75 Å². The molecule has 0 aliphatic carbocycles. The summed E-state index contributed by atoms with van der Waals surface area (Å²) in [7, 11) is 1.42. The van der Waals surface area contributed by atoms with Crippen LogP contribution in [0.2, 0.25) is 0 Å². The van der Waals surface area contributed by atoms with Crippen molar-refractivity contribution >= 4 is 5.91 Å². The van der Waals surface area contributed by atoms with Gasteiger partial charge in [0.2, 0.25) is 5.91 Å². The number of aromatic nitrogens is 2. The van der Waals surface area contributed by atoms with Crippen LogP contribution in [-0.4, -0.2) is 40.3 Å². The van der Waals surface area contributed by atoms with Crippen molar-refractivity contribution in [3.63, 3.8) is 0 Å². The fourth-order valence-corrected chi connectivity index (χ4v) is 3.07. The van der Waals surface area contributed by atoms with E-state index in [4.69, 9.17) is 4.74 Å². The van der Waals surface area contributed by atoms with Crippen LogP contribution in [0.5, 0.6) is 5.75 Å². The first kappa shape index (κ1) is 15.5. The zero-order valence-corrected chi connectivity index (χ0v) is 13.1. The van der Waals surface area contributed by atoms with Gasteiger partial charge in [0.05, 0.1) is 26.1 Å². The third kappa shape index (κ3) is 3.52. The minimum absolute atomic E-state index is 0.0317. The molecule has 0 N–H and O–H groups in total. The predicted octanol–water partition coefficient (Wildman–Crippen LogP) is 2.26. The number of benzene rings is 1. The van der Waals surface area contributed by atoms with E-state index in [1.54, 1.807) is 18.3 Å². The summed E-state index contributed by atoms with van der Waals surface area (Å²) >= 11 is 0. The van der Waals surface area contributed by atoms with E-state index in [-0.39, 0.29) is 24.1 Å². The lowest BCUT2D eigenvalue weighted by Gasteiger charge is -2.25. The standard InChI is InChI=1S/C17H20FN3O2/c1-23-16-6-5-13(10-15(16)18)11-17(22)21-9-2-4-14(21)12-20-8-3-7-19-20/h3,5-8,10,14H,2,4,9,11-12H2,1H3/t14-/m0/s1. The molecule has 1 aromatic heterocycles. The lowest BCUT2D eigenvalue weighted by molar-refractivity contribution is -0.131. The van der Waals surface area contributed by atoms with E-state index in [0.29, 0.717) is 12.1 Å². The lowest BCUT2D eigenvalue weighted by Crippen LogP contribution is -2.39.